The van der Waals surface area contributed by atoms with E-state index in [0.717, 1.165) is 71.0 Å². The summed E-state index contributed by atoms with van der Waals surface area (Å²) in [4.78, 5) is 5.00. The molecule has 2 heteroatoms. The quantitative estimate of drug-likeness (QED) is 0.107. The van der Waals surface area contributed by atoms with Gasteiger partial charge in [0.25, 0.3) is 0 Å². The first kappa shape index (κ1) is 61.9. The molecule has 2 nitrogen and oxygen atoms in total. The van der Waals surface area contributed by atoms with E-state index < -0.39 is 0 Å². The Bertz CT molecular complexity index is 4340. The van der Waals surface area contributed by atoms with Gasteiger partial charge in [0.1, 0.15) is 0 Å². The Morgan fingerprint density at radius 1 is 0.240 bits per heavy atom. The van der Waals surface area contributed by atoms with E-state index in [1.165, 1.54) is 244 Å². The van der Waals surface area contributed by atoms with Gasteiger partial charge in [-0.1, -0.05) is 183 Å². The lowest BCUT2D eigenvalue weighted by Gasteiger charge is -2.57. The van der Waals surface area contributed by atoms with Crippen LogP contribution in [0, 0.1) is 71.0 Å². The Hall–Kier alpha value is -7.94. The van der Waals surface area contributed by atoms with Crippen molar-refractivity contribution in [2.45, 2.75) is 177 Å². The summed E-state index contributed by atoms with van der Waals surface area (Å²) in [6.07, 6.45) is 36.3. The minimum absolute atomic E-state index is 0.426. The normalized spacial score (nSPS) is 31.4. The van der Waals surface area contributed by atoms with Crippen LogP contribution >= 0.6 is 0 Å². The minimum atomic E-state index is 0.426. The van der Waals surface area contributed by atoms with Crippen LogP contribution in [-0.2, 0) is 22.7 Å². The number of nitrogens with zero attached hydrogens (tertiary/aromatic N) is 2. The molecule has 10 aromatic rings. The minimum Gasteiger partial charge on any atom is -0.311 e. The van der Waals surface area contributed by atoms with Gasteiger partial charge < -0.3 is 9.80 Å². The van der Waals surface area contributed by atoms with Gasteiger partial charge in [0.2, 0.25) is 0 Å². The molecule has 0 saturated heterocycles. The summed E-state index contributed by atoms with van der Waals surface area (Å²) in [5.41, 5.74) is 22.7. The van der Waals surface area contributed by atoms with Crippen molar-refractivity contribution in [3.63, 3.8) is 0 Å². The molecule has 504 valence electrons. The van der Waals surface area contributed by atoms with Crippen LogP contribution in [0.2, 0.25) is 0 Å². The van der Waals surface area contributed by atoms with Gasteiger partial charge in [-0.05, 0) is 374 Å². The fourth-order valence-corrected chi connectivity index (χ4v) is 25.8. The second-order valence-corrected chi connectivity index (χ2v) is 35.6. The molecule has 2 atom stereocenters. The Kier molecular flexibility index (Phi) is 15.6. The maximum atomic E-state index is 2.52. The van der Waals surface area contributed by atoms with E-state index in [9.17, 15) is 0 Å². The van der Waals surface area contributed by atoms with E-state index in [0.29, 0.717) is 16.2 Å². The zero-order valence-corrected chi connectivity index (χ0v) is 59.1. The molecular formula is C98H102N2. The molecule has 14 bridgehead atoms. The predicted molar refractivity (Wildman–Crippen MR) is 417 cm³/mol. The number of fused-ring (bicyclic) bond motifs is 3. The molecule has 0 spiro atoms. The Morgan fingerprint density at radius 3 is 0.890 bits per heavy atom. The van der Waals surface area contributed by atoms with Crippen LogP contribution in [0.5, 0.6) is 0 Å². The van der Waals surface area contributed by atoms with Crippen LogP contribution in [-0.4, -0.2) is 0 Å². The summed E-state index contributed by atoms with van der Waals surface area (Å²) in [5.74, 6) is 11.5. The summed E-state index contributed by atoms with van der Waals surface area (Å²) >= 11 is 0. The maximum absolute atomic E-state index is 2.52. The SMILES string of the molecule is c1ccc(-c2ccc(-c3ccc(N(c4ccc(CC5CC6CCCC(C6)C5)cc4)c4ccc(C56CC7CC(CC(C7)C5)C6)cc4)cc3)cc2)cc1.c1ccc2cc(-c3ccc(N(c4ccc(C56CC7CC(CC(C7)C5)C6)cc4)c4ccc(C56CC7CC(CC(C7)C5)C6)cc4)cc3)ccc2c1. The van der Waals surface area contributed by atoms with Crippen molar-refractivity contribution in [1.82, 2.24) is 0 Å². The largest absolute Gasteiger partial charge is 0.311 e. The third kappa shape index (κ3) is 11.7. The van der Waals surface area contributed by atoms with Gasteiger partial charge in [-0.3, -0.25) is 0 Å². The van der Waals surface area contributed by atoms with E-state index in [4.69, 9.17) is 0 Å². The summed E-state index contributed by atoms with van der Waals surface area (Å²) in [6.45, 7) is 0. The lowest BCUT2D eigenvalue weighted by atomic mass is 9.48. The van der Waals surface area contributed by atoms with Crippen molar-refractivity contribution in [2.24, 2.45) is 71.0 Å². The maximum Gasteiger partial charge on any atom is 0.0462 e. The molecule has 0 N–H and O–H groups in total. The molecule has 100 heavy (non-hydrogen) atoms. The van der Waals surface area contributed by atoms with E-state index >= 15 is 0 Å². The number of rotatable bonds is 14. The van der Waals surface area contributed by atoms with Crippen molar-refractivity contribution < 1.29 is 0 Å². The topological polar surface area (TPSA) is 6.48 Å². The summed E-state index contributed by atoms with van der Waals surface area (Å²) < 4.78 is 0. The van der Waals surface area contributed by atoms with E-state index in [1.807, 2.05) is 0 Å². The Labute approximate surface area is 597 Å². The fraction of sp³-hybridized carbons (Fsp3) is 0.408. The van der Waals surface area contributed by atoms with Crippen LogP contribution in [0.25, 0.3) is 44.2 Å². The molecule has 0 amide bonds. The molecule has 14 aliphatic rings. The first-order valence-electron chi connectivity index (χ1n) is 40.0. The second-order valence-electron chi connectivity index (χ2n) is 35.6. The number of benzene rings is 10. The molecule has 2 unspecified atom stereocenters. The van der Waals surface area contributed by atoms with Crippen LogP contribution in [0.4, 0.5) is 34.1 Å². The highest BCUT2D eigenvalue weighted by Crippen LogP contribution is 2.64. The van der Waals surface area contributed by atoms with Crippen molar-refractivity contribution in [2.75, 3.05) is 9.80 Å². The molecule has 24 rings (SSSR count). The van der Waals surface area contributed by atoms with Gasteiger partial charge in [0, 0.05) is 34.1 Å². The highest BCUT2D eigenvalue weighted by molar-refractivity contribution is 5.88. The van der Waals surface area contributed by atoms with Crippen LogP contribution < -0.4 is 9.80 Å². The predicted octanol–water partition coefficient (Wildman–Crippen LogP) is 26.6. The number of anilines is 6. The molecule has 0 radical (unpaired) electrons. The number of hydrogen-bond acceptors (Lipinski definition) is 2. The zero-order valence-electron chi connectivity index (χ0n) is 59.1. The molecule has 14 saturated carbocycles. The molecule has 10 aromatic carbocycles. The summed E-state index contributed by atoms with van der Waals surface area (Å²) in [6, 6.07) is 93.1. The van der Waals surface area contributed by atoms with Gasteiger partial charge >= 0.3 is 0 Å². The third-order valence-corrected chi connectivity index (χ3v) is 28.9. The monoisotopic (exact) mass is 1310 g/mol. The van der Waals surface area contributed by atoms with Crippen molar-refractivity contribution in [3.8, 4) is 33.4 Å². The lowest BCUT2D eigenvalue weighted by Crippen LogP contribution is -2.48. The third-order valence-electron chi connectivity index (χ3n) is 28.9. The molecule has 0 aromatic heterocycles. The van der Waals surface area contributed by atoms with Crippen molar-refractivity contribution in [1.29, 1.82) is 0 Å². The van der Waals surface area contributed by atoms with Crippen LogP contribution in [0.3, 0.4) is 0 Å². The van der Waals surface area contributed by atoms with Crippen LogP contribution in [0.15, 0.2) is 243 Å². The van der Waals surface area contributed by atoms with Gasteiger partial charge in [-0.25, -0.2) is 0 Å². The van der Waals surface area contributed by atoms with E-state index in [1.54, 1.807) is 16.7 Å². The highest BCUT2D eigenvalue weighted by Gasteiger charge is 2.54. The zero-order chi connectivity index (χ0) is 65.9. The van der Waals surface area contributed by atoms with Gasteiger partial charge in [-0.15, -0.1) is 0 Å². The molecule has 14 aliphatic carbocycles. The van der Waals surface area contributed by atoms with Gasteiger partial charge in [-0.2, -0.15) is 0 Å². The Balaban J connectivity index is 0.000000135. The first-order valence-corrected chi connectivity index (χ1v) is 40.0. The van der Waals surface area contributed by atoms with E-state index in [-0.39, 0.29) is 0 Å². The smallest absolute Gasteiger partial charge is 0.0462 e. The van der Waals surface area contributed by atoms with Gasteiger partial charge in [0.15, 0.2) is 0 Å². The standard InChI is InChI=1S/C50H53N.C48H49N/c1-2-7-42(8-3-1)43-11-13-44(14-12-43)45-15-21-48(22-16-45)51(47-19-9-35(10-20-47)25-38-27-36-5-4-6-37(26-36)28-38)49-23-17-46(18-24-49)50-32-39-29-40(33-50)31-41(30-39)34-50;1-2-4-40-25-41(6-5-38(40)3-1)39-7-13-44(14-8-39)49(45-15-9-42(10-16-45)47-26-32-19-33(27-47)21-34(20-32)28-47)46-17-11-43(12-18-46)48-29-35-22-36(30-48)24-37(23-35)31-48/h1-3,7-24,36-41H,4-6,25-34H2;1-18,25,32-37H,19-24,26-31H2. The average Bonchev–Trinajstić information content (AvgIpc) is 0.744. The molecular weight excluding hydrogens is 1210 g/mol. The van der Waals surface area contributed by atoms with E-state index in [2.05, 4.69) is 252 Å². The van der Waals surface area contributed by atoms with Crippen molar-refractivity contribution >= 4 is 44.9 Å². The summed E-state index contributed by atoms with van der Waals surface area (Å²) in [5, 5.41) is 2.59. The number of hydrogen-bond donors (Lipinski definition) is 0. The average molecular weight is 1310 g/mol. The van der Waals surface area contributed by atoms with Gasteiger partial charge in [0.05, 0.1) is 0 Å². The lowest BCUT2D eigenvalue weighted by molar-refractivity contribution is -0.00530. The Morgan fingerprint density at radius 2 is 0.520 bits per heavy atom. The second kappa shape index (κ2) is 25.2. The highest BCUT2D eigenvalue weighted by atomic mass is 15.1. The molecule has 14 fully saturated rings. The van der Waals surface area contributed by atoms with Crippen LogP contribution in [0.1, 0.15) is 176 Å². The summed E-state index contributed by atoms with van der Waals surface area (Å²) in [7, 11) is 0. The van der Waals surface area contributed by atoms with Crippen molar-refractivity contribution in [3.05, 3.63) is 265 Å². The first-order chi connectivity index (χ1) is 49.2. The molecule has 0 heterocycles. The fourth-order valence-electron chi connectivity index (χ4n) is 25.8. The molecule has 0 aliphatic heterocycles.